The van der Waals surface area contributed by atoms with Crippen LogP contribution in [0.25, 0.3) is 0 Å². The van der Waals surface area contributed by atoms with Crippen molar-refractivity contribution < 1.29 is 14.3 Å². The van der Waals surface area contributed by atoms with Crippen LogP contribution in [0.3, 0.4) is 0 Å². The highest BCUT2D eigenvalue weighted by molar-refractivity contribution is 5.79. The van der Waals surface area contributed by atoms with E-state index in [-0.39, 0.29) is 18.0 Å². The number of carbonyl (C=O) groups is 1. The van der Waals surface area contributed by atoms with Crippen LogP contribution in [-0.4, -0.2) is 61.7 Å². The zero-order valence-corrected chi connectivity index (χ0v) is 15.7. The van der Waals surface area contributed by atoms with E-state index < -0.39 is 0 Å². The lowest BCUT2D eigenvalue weighted by molar-refractivity contribution is -0.139. The number of piperazine rings is 1. The Balaban J connectivity index is 1.43. The molecule has 2 saturated heterocycles. The van der Waals surface area contributed by atoms with Crippen molar-refractivity contribution in [1.82, 2.24) is 9.80 Å². The summed E-state index contributed by atoms with van der Waals surface area (Å²) < 4.78 is 11.3. The normalized spacial score (nSPS) is 22.9. The minimum atomic E-state index is 0.154. The van der Waals surface area contributed by atoms with Gasteiger partial charge < -0.3 is 14.4 Å². The molecular formula is C22H26N2O3. The highest BCUT2D eigenvalue weighted by atomic mass is 16.5. The average molecular weight is 366 g/mol. The molecule has 4 rings (SSSR count). The third kappa shape index (κ3) is 3.84. The molecule has 2 aliphatic rings. The van der Waals surface area contributed by atoms with Crippen LogP contribution in [0.2, 0.25) is 0 Å². The zero-order valence-electron chi connectivity index (χ0n) is 15.7. The molecule has 0 unspecified atom stereocenters. The van der Waals surface area contributed by atoms with Gasteiger partial charge in [0.1, 0.15) is 5.75 Å². The quantitative estimate of drug-likeness (QED) is 0.834. The summed E-state index contributed by atoms with van der Waals surface area (Å²) in [6, 6.07) is 18.8. The Morgan fingerprint density at radius 1 is 1.07 bits per heavy atom. The largest absolute Gasteiger partial charge is 0.496 e. The van der Waals surface area contributed by atoms with Crippen LogP contribution in [-0.2, 0) is 16.0 Å². The van der Waals surface area contributed by atoms with E-state index in [4.69, 9.17) is 9.47 Å². The van der Waals surface area contributed by atoms with Crippen LogP contribution in [0.1, 0.15) is 17.2 Å². The van der Waals surface area contributed by atoms with Crippen molar-refractivity contribution in [2.45, 2.75) is 18.5 Å². The number of nitrogens with zero attached hydrogens (tertiary/aromatic N) is 2. The van der Waals surface area contributed by atoms with Gasteiger partial charge in [-0.3, -0.25) is 9.69 Å². The SMILES string of the molecule is COc1ccccc1CC(=O)N1CCN2[C@@H](COC[C@@H]2c2ccccc2)C1. The molecule has 2 aromatic rings. The molecule has 0 N–H and O–H groups in total. The van der Waals surface area contributed by atoms with Gasteiger partial charge in [-0.25, -0.2) is 0 Å². The summed E-state index contributed by atoms with van der Waals surface area (Å²) in [7, 11) is 1.64. The van der Waals surface area contributed by atoms with Crippen LogP contribution in [0, 0.1) is 0 Å². The Labute approximate surface area is 160 Å². The van der Waals surface area contributed by atoms with E-state index in [0.717, 1.165) is 37.6 Å². The number of morpholine rings is 1. The molecule has 0 spiro atoms. The third-order valence-corrected chi connectivity index (χ3v) is 5.59. The highest BCUT2D eigenvalue weighted by Gasteiger charge is 2.37. The van der Waals surface area contributed by atoms with E-state index in [1.165, 1.54) is 5.56 Å². The predicted molar refractivity (Wildman–Crippen MR) is 104 cm³/mol. The number of amides is 1. The Morgan fingerprint density at radius 3 is 2.67 bits per heavy atom. The molecular weight excluding hydrogens is 340 g/mol. The van der Waals surface area contributed by atoms with Gasteiger partial charge in [-0.2, -0.15) is 0 Å². The summed E-state index contributed by atoms with van der Waals surface area (Å²) in [6.45, 7) is 3.76. The number of carbonyl (C=O) groups excluding carboxylic acids is 1. The second kappa shape index (κ2) is 8.11. The highest BCUT2D eigenvalue weighted by Crippen LogP contribution is 2.30. The molecule has 142 valence electrons. The second-order valence-electron chi connectivity index (χ2n) is 7.18. The van der Waals surface area contributed by atoms with E-state index >= 15 is 0 Å². The fraction of sp³-hybridized carbons (Fsp3) is 0.409. The van der Waals surface area contributed by atoms with Gasteiger partial charge in [0.05, 0.1) is 38.8 Å². The summed E-state index contributed by atoms with van der Waals surface area (Å²) >= 11 is 0. The monoisotopic (exact) mass is 366 g/mol. The number of hydrogen-bond donors (Lipinski definition) is 0. The first-order chi connectivity index (χ1) is 13.3. The van der Waals surface area contributed by atoms with Crippen LogP contribution < -0.4 is 4.74 Å². The maximum absolute atomic E-state index is 12.9. The standard InChI is InChI=1S/C22H26N2O3/c1-26-21-10-6-5-9-18(21)13-22(25)23-11-12-24-19(14-23)15-27-16-20(24)17-7-3-2-4-8-17/h2-10,19-20H,11-16H2,1H3/t19-,20-/m1/s1. The molecule has 5 nitrogen and oxygen atoms in total. The molecule has 0 saturated carbocycles. The number of fused-ring (bicyclic) bond motifs is 1. The summed E-state index contributed by atoms with van der Waals surface area (Å²) in [4.78, 5) is 17.4. The minimum Gasteiger partial charge on any atom is -0.496 e. The maximum atomic E-state index is 12.9. The molecule has 2 fully saturated rings. The summed E-state index contributed by atoms with van der Waals surface area (Å²) in [5.41, 5.74) is 2.23. The second-order valence-corrected chi connectivity index (χ2v) is 7.18. The molecule has 0 aliphatic carbocycles. The van der Waals surface area contributed by atoms with Gasteiger partial charge in [0.2, 0.25) is 5.91 Å². The van der Waals surface area contributed by atoms with Crippen molar-refractivity contribution in [1.29, 1.82) is 0 Å². The lowest BCUT2D eigenvalue weighted by atomic mass is 10.00. The minimum absolute atomic E-state index is 0.154. The first kappa shape index (κ1) is 18.0. The Bertz CT molecular complexity index is 780. The van der Waals surface area contributed by atoms with Crippen molar-refractivity contribution in [3.63, 3.8) is 0 Å². The zero-order chi connectivity index (χ0) is 18.6. The molecule has 0 radical (unpaired) electrons. The molecule has 2 aliphatic heterocycles. The van der Waals surface area contributed by atoms with Gasteiger partial charge in [0, 0.05) is 25.2 Å². The average Bonchev–Trinajstić information content (AvgIpc) is 2.74. The predicted octanol–water partition coefficient (Wildman–Crippen LogP) is 2.52. The van der Waals surface area contributed by atoms with Gasteiger partial charge in [-0.1, -0.05) is 48.5 Å². The fourth-order valence-electron chi connectivity index (χ4n) is 4.15. The molecule has 2 heterocycles. The van der Waals surface area contributed by atoms with Gasteiger partial charge in [0.25, 0.3) is 0 Å². The number of benzene rings is 2. The Kier molecular flexibility index (Phi) is 5.41. The molecule has 5 heteroatoms. The molecule has 2 aromatic carbocycles. The smallest absolute Gasteiger partial charge is 0.227 e. The van der Waals surface area contributed by atoms with Crippen LogP contribution in [0.15, 0.2) is 54.6 Å². The molecule has 27 heavy (non-hydrogen) atoms. The fourth-order valence-corrected chi connectivity index (χ4v) is 4.15. The van der Waals surface area contributed by atoms with Crippen molar-refractivity contribution in [2.24, 2.45) is 0 Å². The van der Waals surface area contributed by atoms with Crippen LogP contribution in [0.5, 0.6) is 5.75 Å². The van der Waals surface area contributed by atoms with Gasteiger partial charge >= 0.3 is 0 Å². The topological polar surface area (TPSA) is 42.0 Å². The molecule has 2 atom stereocenters. The van der Waals surface area contributed by atoms with Crippen molar-refractivity contribution in [2.75, 3.05) is 40.0 Å². The van der Waals surface area contributed by atoms with E-state index in [0.29, 0.717) is 13.0 Å². The summed E-state index contributed by atoms with van der Waals surface area (Å²) in [5, 5.41) is 0. The van der Waals surface area contributed by atoms with Gasteiger partial charge in [0.15, 0.2) is 0 Å². The first-order valence-corrected chi connectivity index (χ1v) is 9.54. The van der Waals surface area contributed by atoms with Crippen molar-refractivity contribution in [3.05, 3.63) is 65.7 Å². The molecule has 0 aromatic heterocycles. The third-order valence-electron chi connectivity index (χ3n) is 5.59. The van der Waals surface area contributed by atoms with E-state index in [1.807, 2.05) is 35.2 Å². The summed E-state index contributed by atoms with van der Waals surface area (Å²) in [5.74, 6) is 0.926. The van der Waals surface area contributed by atoms with E-state index in [1.54, 1.807) is 7.11 Å². The number of rotatable bonds is 4. The number of methoxy groups -OCH3 is 1. The van der Waals surface area contributed by atoms with Crippen LogP contribution >= 0.6 is 0 Å². The van der Waals surface area contributed by atoms with Crippen molar-refractivity contribution >= 4 is 5.91 Å². The number of para-hydroxylation sites is 1. The van der Waals surface area contributed by atoms with Gasteiger partial charge in [-0.15, -0.1) is 0 Å². The van der Waals surface area contributed by atoms with E-state index in [2.05, 4.69) is 29.2 Å². The molecule has 0 bridgehead atoms. The molecule has 1 amide bonds. The Hall–Kier alpha value is -2.37. The number of hydrogen-bond acceptors (Lipinski definition) is 4. The maximum Gasteiger partial charge on any atom is 0.227 e. The Morgan fingerprint density at radius 2 is 1.85 bits per heavy atom. The van der Waals surface area contributed by atoms with Crippen LogP contribution in [0.4, 0.5) is 0 Å². The van der Waals surface area contributed by atoms with Gasteiger partial charge in [-0.05, 0) is 11.6 Å². The first-order valence-electron chi connectivity index (χ1n) is 9.54. The van der Waals surface area contributed by atoms with Crippen molar-refractivity contribution in [3.8, 4) is 5.75 Å². The van der Waals surface area contributed by atoms with E-state index in [9.17, 15) is 4.79 Å². The lowest BCUT2D eigenvalue weighted by Gasteiger charge is -2.48. The number of ether oxygens (including phenoxy) is 2. The summed E-state index contributed by atoms with van der Waals surface area (Å²) in [6.07, 6.45) is 0.375. The lowest BCUT2D eigenvalue weighted by Crippen LogP contribution is -2.60.